The van der Waals surface area contributed by atoms with E-state index in [4.69, 9.17) is 5.11 Å². The normalized spacial score (nSPS) is 10.8. The molecule has 1 aromatic carbocycles. The van der Waals surface area contributed by atoms with Gasteiger partial charge in [-0.25, -0.2) is 19.7 Å². The first-order chi connectivity index (χ1) is 9.69. The summed E-state index contributed by atoms with van der Waals surface area (Å²) in [6, 6.07) is 6.57. The zero-order chi connectivity index (χ0) is 14.1. The third-order valence-electron chi connectivity index (χ3n) is 2.84. The molecule has 100 valence electrons. The molecule has 0 aliphatic carbocycles. The van der Waals surface area contributed by atoms with E-state index < -0.39 is 5.97 Å². The summed E-state index contributed by atoms with van der Waals surface area (Å²) in [7, 11) is 0. The van der Waals surface area contributed by atoms with E-state index in [9.17, 15) is 4.79 Å². The van der Waals surface area contributed by atoms with Crippen LogP contribution < -0.4 is 0 Å². The first-order valence-electron chi connectivity index (χ1n) is 5.77. The molecule has 0 aliphatic rings. The lowest BCUT2D eigenvalue weighted by atomic mass is 10.2. The van der Waals surface area contributed by atoms with Crippen LogP contribution in [0, 0.1) is 0 Å². The number of hydrogen-bond donors (Lipinski definition) is 1. The van der Waals surface area contributed by atoms with Gasteiger partial charge in [-0.3, -0.25) is 4.57 Å². The summed E-state index contributed by atoms with van der Waals surface area (Å²) in [6.07, 6.45) is 5.19. The van der Waals surface area contributed by atoms with Crippen LogP contribution in [-0.4, -0.2) is 36.9 Å². The number of carboxylic acid groups (broad SMARTS) is 1. The van der Waals surface area contributed by atoms with Crippen LogP contribution >= 0.6 is 11.8 Å². The molecule has 0 radical (unpaired) electrons. The number of rotatable bonds is 3. The minimum absolute atomic E-state index is 0.221. The van der Waals surface area contributed by atoms with Gasteiger partial charge in [-0.05, 0) is 30.5 Å². The van der Waals surface area contributed by atoms with Gasteiger partial charge in [-0.2, -0.15) is 0 Å². The molecule has 1 N–H and O–H groups in total. The van der Waals surface area contributed by atoms with Crippen molar-refractivity contribution in [2.45, 2.75) is 5.16 Å². The van der Waals surface area contributed by atoms with Gasteiger partial charge in [0.15, 0.2) is 5.16 Å². The number of aromatic carboxylic acids is 1. The molecule has 7 heteroatoms. The van der Waals surface area contributed by atoms with E-state index >= 15 is 0 Å². The second kappa shape index (κ2) is 4.93. The SMILES string of the molecule is CSc1nccc(-n2cnc3ccc(C(=O)O)cc32)n1. The quantitative estimate of drug-likeness (QED) is 0.587. The number of thioether (sulfide) groups is 1. The summed E-state index contributed by atoms with van der Waals surface area (Å²) in [5, 5.41) is 9.72. The molecule has 0 atom stereocenters. The molecule has 0 saturated carbocycles. The summed E-state index contributed by atoms with van der Waals surface area (Å²) >= 11 is 1.44. The van der Waals surface area contributed by atoms with Gasteiger partial charge in [0, 0.05) is 6.20 Å². The topological polar surface area (TPSA) is 80.9 Å². The summed E-state index contributed by atoms with van der Waals surface area (Å²) in [5.74, 6) is -0.304. The standard InChI is InChI=1S/C13H10N4O2S/c1-20-13-14-5-4-11(16-13)17-7-15-9-3-2-8(12(18)19)6-10(9)17/h2-7H,1H3,(H,18,19). The fourth-order valence-corrected chi connectivity index (χ4v) is 2.24. The number of aromatic nitrogens is 4. The molecule has 3 aromatic rings. The minimum Gasteiger partial charge on any atom is -0.478 e. The Hall–Kier alpha value is -2.41. The Morgan fingerprint density at radius 2 is 2.15 bits per heavy atom. The van der Waals surface area contributed by atoms with Gasteiger partial charge in [-0.1, -0.05) is 11.8 Å². The van der Waals surface area contributed by atoms with Gasteiger partial charge in [0.1, 0.15) is 12.1 Å². The first kappa shape index (κ1) is 12.6. The van der Waals surface area contributed by atoms with E-state index in [1.54, 1.807) is 35.3 Å². The maximum absolute atomic E-state index is 11.1. The van der Waals surface area contributed by atoms with Crippen molar-refractivity contribution in [3.63, 3.8) is 0 Å². The highest BCUT2D eigenvalue weighted by atomic mass is 32.2. The summed E-state index contributed by atoms with van der Waals surface area (Å²) in [5.41, 5.74) is 1.65. The van der Waals surface area contributed by atoms with Crippen molar-refractivity contribution < 1.29 is 9.90 Å². The van der Waals surface area contributed by atoms with Crippen molar-refractivity contribution >= 4 is 28.8 Å². The molecule has 0 bridgehead atoms. The van der Waals surface area contributed by atoms with Crippen molar-refractivity contribution in [2.24, 2.45) is 0 Å². The Labute approximate surface area is 118 Å². The predicted octanol–water partition coefficient (Wildman–Crippen LogP) is 2.24. The molecule has 0 saturated heterocycles. The lowest BCUT2D eigenvalue weighted by molar-refractivity contribution is 0.0697. The van der Waals surface area contributed by atoms with Gasteiger partial charge in [0.2, 0.25) is 0 Å². The van der Waals surface area contributed by atoms with Crippen molar-refractivity contribution in [1.29, 1.82) is 0 Å². The van der Waals surface area contributed by atoms with Crippen molar-refractivity contribution in [3.05, 3.63) is 42.4 Å². The van der Waals surface area contributed by atoms with E-state index in [2.05, 4.69) is 15.0 Å². The van der Waals surface area contributed by atoms with E-state index in [0.29, 0.717) is 16.5 Å². The van der Waals surface area contributed by atoms with Gasteiger partial charge < -0.3 is 5.11 Å². The molecule has 6 nitrogen and oxygen atoms in total. The highest BCUT2D eigenvalue weighted by molar-refractivity contribution is 7.98. The Bertz CT molecular complexity index is 800. The fraction of sp³-hybridized carbons (Fsp3) is 0.0769. The van der Waals surface area contributed by atoms with Gasteiger partial charge in [0.25, 0.3) is 0 Å². The predicted molar refractivity (Wildman–Crippen MR) is 75.4 cm³/mol. The van der Waals surface area contributed by atoms with Crippen molar-refractivity contribution in [3.8, 4) is 5.82 Å². The molecule has 20 heavy (non-hydrogen) atoms. The molecule has 3 rings (SSSR count). The number of nitrogens with zero attached hydrogens (tertiary/aromatic N) is 4. The molecule has 0 amide bonds. The maximum Gasteiger partial charge on any atom is 0.335 e. The molecular formula is C13H10N4O2S. The smallest absolute Gasteiger partial charge is 0.335 e. The van der Waals surface area contributed by atoms with Crippen LogP contribution in [-0.2, 0) is 0 Å². The van der Waals surface area contributed by atoms with Crippen LogP contribution in [0.25, 0.3) is 16.9 Å². The number of fused-ring (bicyclic) bond motifs is 1. The number of carboxylic acids is 1. The average Bonchev–Trinajstić information content (AvgIpc) is 2.90. The lowest BCUT2D eigenvalue weighted by Crippen LogP contribution is -2.00. The molecule has 2 heterocycles. The van der Waals surface area contributed by atoms with Crippen LogP contribution in [0.5, 0.6) is 0 Å². The van der Waals surface area contributed by atoms with Crippen LogP contribution in [0.1, 0.15) is 10.4 Å². The van der Waals surface area contributed by atoms with E-state index in [1.165, 1.54) is 17.8 Å². The van der Waals surface area contributed by atoms with E-state index in [1.807, 2.05) is 6.26 Å². The average molecular weight is 286 g/mol. The van der Waals surface area contributed by atoms with Gasteiger partial charge in [-0.15, -0.1) is 0 Å². The lowest BCUT2D eigenvalue weighted by Gasteiger charge is -2.04. The Balaban J connectivity index is 2.20. The Morgan fingerprint density at radius 1 is 1.30 bits per heavy atom. The second-order valence-electron chi connectivity index (χ2n) is 4.02. The zero-order valence-corrected chi connectivity index (χ0v) is 11.3. The summed E-state index contributed by atoms with van der Waals surface area (Å²) in [6.45, 7) is 0. The maximum atomic E-state index is 11.1. The molecule has 0 fully saturated rings. The number of benzene rings is 1. The monoisotopic (exact) mass is 286 g/mol. The van der Waals surface area contributed by atoms with Gasteiger partial charge in [0.05, 0.1) is 16.6 Å². The first-order valence-corrected chi connectivity index (χ1v) is 6.99. The molecule has 0 aliphatic heterocycles. The summed E-state index contributed by atoms with van der Waals surface area (Å²) in [4.78, 5) is 23.8. The zero-order valence-electron chi connectivity index (χ0n) is 10.5. The number of carbonyl (C=O) groups is 1. The minimum atomic E-state index is -0.966. The van der Waals surface area contributed by atoms with Crippen LogP contribution in [0.3, 0.4) is 0 Å². The van der Waals surface area contributed by atoms with E-state index in [-0.39, 0.29) is 5.56 Å². The molecular weight excluding hydrogens is 276 g/mol. The third-order valence-corrected chi connectivity index (χ3v) is 3.40. The highest BCUT2D eigenvalue weighted by Gasteiger charge is 2.10. The third kappa shape index (κ3) is 2.12. The van der Waals surface area contributed by atoms with Crippen LogP contribution in [0.15, 0.2) is 41.9 Å². The Morgan fingerprint density at radius 3 is 2.90 bits per heavy atom. The Kier molecular flexibility index (Phi) is 3.11. The molecule has 0 spiro atoms. The summed E-state index contributed by atoms with van der Waals surface area (Å²) < 4.78 is 1.75. The van der Waals surface area contributed by atoms with Crippen molar-refractivity contribution in [2.75, 3.05) is 6.26 Å². The number of hydrogen-bond acceptors (Lipinski definition) is 5. The largest absolute Gasteiger partial charge is 0.478 e. The van der Waals surface area contributed by atoms with Crippen molar-refractivity contribution in [1.82, 2.24) is 19.5 Å². The molecule has 0 unspecified atom stereocenters. The fourth-order valence-electron chi connectivity index (χ4n) is 1.89. The van der Waals surface area contributed by atoms with Gasteiger partial charge >= 0.3 is 5.97 Å². The second-order valence-corrected chi connectivity index (χ2v) is 4.80. The van der Waals surface area contributed by atoms with E-state index in [0.717, 1.165) is 5.52 Å². The number of imidazole rings is 1. The highest BCUT2D eigenvalue weighted by Crippen LogP contribution is 2.19. The van der Waals surface area contributed by atoms with Crippen LogP contribution in [0.4, 0.5) is 0 Å². The van der Waals surface area contributed by atoms with Crippen LogP contribution in [0.2, 0.25) is 0 Å². The molecule has 2 aromatic heterocycles.